The number of halogens is 1. The van der Waals surface area contributed by atoms with E-state index in [0.29, 0.717) is 6.42 Å². The molecular weight excluding hydrogens is 279 g/mol. The van der Waals surface area contributed by atoms with Crippen LogP contribution < -0.4 is 0 Å². The summed E-state index contributed by atoms with van der Waals surface area (Å²) < 4.78 is 1.17. The zero-order valence-corrected chi connectivity index (χ0v) is 9.86. The molecule has 1 aliphatic rings. The van der Waals surface area contributed by atoms with Gasteiger partial charge in [0.15, 0.2) is 0 Å². The van der Waals surface area contributed by atoms with Gasteiger partial charge in [-0.1, -0.05) is 19.1 Å². The third kappa shape index (κ3) is 2.79. The van der Waals surface area contributed by atoms with Gasteiger partial charge in [0.1, 0.15) is 6.10 Å². The van der Waals surface area contributed by atoms with Crippen LogP contribution in [0.1, 0.15) is 26.2 Å². The third-order valence-corrected chi connectivity index (χ3v) is 3.40. The lowest BCUT2D eigenvalue weighted by atomic mass is 9.97. The van der Waals surface area contributed by atoms with Crippen molar-refractivity contribution in [2.75, 3.05) is 0 Å². The lowest BCUT2D eigenvalue weighted by Gasteiger charge is -2.21. The second-order valence-electron chi connectivity index (χ2n) is 3.22. The van der Waals surface area contributed by atoms with Crippen LogP contribution in [0.3, 0.4) is 0 Å². The van der Waals surface area contributed by atoms with Crippen LogP contribution >= 0.6 is 22.6 Å². The summed E-state index contributed by atoms with van der Waals surface area (Å²) >= 11 is 2.24. The van der Waals surface area contributed by atoms with Crippen molar-refractivity contribution in [2.45, 2.75) is 38.4 Å². The summed E-state index contributed by atoms with van der Waals surface area (Å²) in [5.41, 5.74) is 0.890. The van der Waals surface area contributed by atoms with Gasteiger partial charge in [0, 0.05) is 0 Å². The minimum Gasteiger partial charge on any atom is -0.390 e. The molecule has 0 bridgehead atoms. The Labute approximate surface area is 92.5 Å². The summed E-state index contributed by atoms with van der Waals surface area (Å²) in [7, 11) is 0. The quantitative estimate of drug-likeness (QED) is 0.783. The molecule has 1 aliphatic carbocycles. The molecule has 2 atom stereocenters. The van der Waals surface area contributed by atoms with Gasteiger partial charge >= 0.3 is 0 Å². The van der Waals surface area contributed by atoms with Gasteiger partial charge in [0.05, 0.1) is 6.10 Å². The first-order valence-electron chi connectivity index (χ1n) is 4.58. The Balaban J connectivity index is 2.75. The molecular formula is C10H15IO2. The highest BCUT2D eigenvalue weighted by Crippen LogP contribution is 2.28. The van der Waals surface area contributed by atoms with Gasteiger partial charge in [-0.3, -0.25) is 0 Å². The molecule has 0 heterocycles. The molecule has 0 fully saturated rings. The number of rotatable bonds is 3. The molecule has 0 radical (unpaired) electrons. The van der Waals surface area contributed by atoms with E-state index in [0.717, 1.165) is 18.4 Å². The van der Waals surface area contributed by atoms with Crippen molar-refractivity contribution in [3.8, 4) is 0 Å². The Bertz CT molecular complexity index is 233. The van der Waals surface area contributed by atoms with Gasteiger partial charge in [0.2, 0.25) is 0 Å². The number of aliphatic hydroxyl groups is 2. The molecule has 0 aromatic rings. The minimum atomic E-state index is -0.714. The monoisotopic (exact) mass is 294 g/mol. The van der Waals surface area contributed by atoms with Crippen molar-refractivity contribution < 1.29 is 10.2 Å². The van der Waals surface area contributed by atoms with Crippen LogP contribution in [0.25, 0.3) is 0 Å². The number of allylic oxidation sites excluding steroid dienone is 2. The SMILES string of the molecule is CC[C@@H](O)[C@H](O)C1=C(I)CCC=C1. The maximum atomic E-state index is 9.75. The van der Waals surface area contributed by atoms with Crippen molar-refractivity contribution in [1.82, 2.24) is 0 Å². The molecule has 0 spiro atoms. The van der Waals surface area contributed by atoms with Gasteiger partial charge in [-0.15, -0.1) is 0 Å². The Morgan fingerprint density at radius 3 is 2.77 bits per heavy atom. The van der Waals surface area contributed by atoms with Crippen LogP contribution in [0, 0.1) is 0 Å². The molecule has 0 amide bonds. The lowest BCUT2D eigenvalue weighted by molar-refractivity contribution is 0.0413. The fraction of sp³-hybridized carbons (Fsp3) is 0.600. The highest BCUT2D eigenvalue weighted by atomic mass is 127. The number of aliphatic hydroxyl groups excluding tert-OH is 2. The van der Waals surface area contributed by atoms with Crippen LogP contribution in [0.2, 0.25) is 0 Å². The Kier molecular flexibility index (Phi) is 4.41. The first-order valence-corrected chi connectivity index (χ1v) is 5.66. The average molecular weight is 294 g/mol. The van der Waals surface area contributed by atoms with E-state index in [-0.39, 0.29) is 0 Å². The fourth-order valence-corrected chi connectivity index (χ4v) is 2.15. The van der Waals surface area contributed by atoms with Crippen molar-refractivity contribution >= 4 is 22.6 Å². The van der Waals surface area contributed by atoms with E-state index in [1.807, 2.05) is 19.1 Å². The van der Waals surface area contributed by atoms with E-state index in [1.54, 1.807) is 0 Å². The molecule has 1 rings (SSSR count). The van der Waals surface area contributed by atoms with E-state index >= 15 is 0 Å². The van der Waals surface area contributed by atoms with Gasteiger partial charge in [-0.2, -0.15) is 0 Å². The van der Waals surface area contributed by atoms with E-state index in [1.165, 1.54) is 3.58 Å². The fourth-order valence-electron chi connectivity index (χ4n) is 1.34. The van der Waals surface area contributed by atoms with Crippen molar-refractivity contribution in [3.63, 3.8) is 0 Å². The van der Waals surface area contributed by atoms with Gasteiger partial charge in [-0.25, -0.2) is 0 Å². The van der Waals surface area contributed by atoms with Crippen LogP contribution in [0.15, 0.2) is 21.3 Å². The molecule has 74 valence electrons. The van der Waals surface area contributed by atoms with Crippen LogP contribution in [-0.4, -0.2) is 22.4 Å². The zero-order chi connectivity index (χ0) is 9.84. The third-order valence-electron chi connectivity index (χ3n) is 2.24. The van der Waals surface area contributed by atoms with Gasteiger partial charge in [-0.05, 0) is 51.0 Å². The predicted octanol–water partition coefficient (Wildman–Crippen LogP) is 2.16. The standard InChI is InChI=1S/C10H15IO2/c1-2-9(12)10(13)7-5-3-4-6-8(7)11/h3,5,9-10,12-13H,2,4,6H2,1H3/t9-,10-/m1/s1. The molecule has 3 heteroatoms. The first kappa shape index (κ1) is 11.2. The topological polar surface area (TPSA) is 40.5 Å². The van der Waals surface area contributed by atoms with Crippen LogP contribution in [0.4, 0.5) is 0 Å². The summed E-state index contributed by atoms with van der Waals surface area (Å²) in [4.78, 5) is 0. The molecule has 0 saturated heterocycles. The molecule has 0 aliphatic heterocycles. The van der Waals surface area contributed by atoms with E-state index in [4.69, 9.17) is 0 Å². The minimum absolute atomic E-state index is 0.586. The van der Waals surface area contributed by atoms with E-state index in [2.05, 4.69) is 22.6 Å². The predicted molar refractivity (Wildman–Crippen MR) is 61.7 cm³/mol. The summed E-state index contributed by atoms with van der Waals surface area (Å²) in [6.45, 7) is 1.87. The second-order valence-corrected chi connectivity index (χ2v) is 4.52. The van der Waals surface area contributed by atoms with Crippen molar-refractivity contribution in [3.05, 3.63) is 21.3 Å². The summed E-state index contributed by atoms with van der Waals surface area (Å²) in [5.74, 6) is 0. The maximum absolute atomic E-state index is 9.75. The maximum Gasteiger partial charge on any atom is 0.106 e. The lowest BCUT2D eigenvalue weighted by Crippen LogP contribution is -2.27. The molecule has 13 heavy (non-hydrogen) atoms. The molecule has 0 unspecified atom stereocenters. The largest absolute Gasteiger partial charge is 0.390 e. The Morgan fingerprint density at radius 2 is 2.23 bits per heavy atom. The van der Waals surface area contributed by atoms with Gasteiger partial charge < -0.3 is 10.2 Å². The second kappa shape index (κ2) is 5.12. The number of hydrogen-bond donors (Lipinski definition) is 2. The van der Waals surface area contributed by atoms with Crippen LogP contribution in [-0.2, 0) is 0 Å². The Morgan fingerprint density at radius 1 is 1.54 bits per heavy atom. The van der Waals surface area contributed by atoms with Gasteiger partial charge in [0.25, 0.3) is 0 Å². The summed E-state index contributed by atoms with van der Waals surface area (Å²) in [6.07, 6.45) is 5.23. The molecule has 0 aromatic carbocycles. The molecule has 2 N–H and O–H groups in total. The zero-order valence-electron chi connectivity index (χ0n) is 7.70. The van der Waals surface area contributed by atoms with E-state index < -0.39 is 12.2 Å². The number of hydrogen-bond acceptors (Lipinski definition) is 2. The smallest absolute Gasteiger partial charge is 0.106 e. The molecule has 0 aromatic heterocycles. The normalized spacial score (nSPS) is 21.8. The molecule has 0 saturated carbocycles. The van der Waals surface area contributed by atoms with Crippen molar-refractivity contribution in [2.24, 2.45) is 0 Å². The van der Waals surface area contributed by atoms with Crippen LogP contribution in [0.5, 0.6) is 0 Å². The summed E-state index contributed by atoms with van der Waals surface area (Å²) in [6, 6.07) is 0. The Hall–Kier alpha value is 0.130. The average Bonchev–Trinajstić information content (AvgIpc) is 2.16. The molecule has 2 nitrogen and oxygen atoms in total. The highest BCUT2D eigenvalue weighted by molar-refractivity contribution is 14.1. The van der Waals surface area contributed by atoms with E-state index in [9.17, 15) is 10.2 Å². The summed E-state index contributed by atoms with van der Waals surface area (Å²) in [5, 5.41) is 19.2. The van der Waals surface area contributed by atoms with Crippen molar-refractivity contribution in [1.29, 1.82) is 0 Å². The highest BCUT2D eigenvalue weighted by Gasteiger charge is 2.20. The first-order chi connectivity index (χ1) is 6.16.